The van der Waals surface area contributed by atoms with Gasteiger partial charge in [0, 0.05) is 11.8 Å². The quantitative estimate of drug-likeness (QED) is 0.683. The van der Waals surface area contributed by atoms with Gasteiger partial charge in [-0.1, -0.05) is 18.2 Å². The molecule has 2 N–H and O–H groups in total. The van der Waals surface area contributed by atoms with Crippen molar-refractivity contribution in [2.24, 2.45) is 0 Å². The monoisotopic (exact) mass is 272 g/mol. The van der Waals surface area contributed by atoms with Crippen molar-refractivity contribution in [2.45, 2.75) is 13.5 Å². The summed E-state index contributed by atoms with van der Waals surface area (Å²) in [7, 11) is 1.53. The lowest BCUT2D eigenvalue weighted by molar-refractivity contribution is 0.0467. The van der Waals surface area contributed by atoms with Crippen LogP contribution in [0.1, 0.15) is 21.6 Å². The number of carbonyl (C=O) groups excluding carboxylic acids is 1. The molecule has 0 aliphatic heterocycles. The minimum Gasteiger partial charge on any atom is -0.481 e. The third kappa shape index (κ3) is 3.06. The fraction of sp³-hybridized carbons (Fsp3) is 0.200. The number of methoxy groups -OCH3 is 1. The van der Waals surface area contributed by atoms with E-state index in [0.29, 0.717) is 22.8 Å². The lowest BCUT2D eigenvalue weighted by Gasteiger charge is -2.09. The standard InChI is InChI=1S/C15H16N2O3/c1-10-5-3-7-12(16)14(10)15(18)20-9-11-6-4-8-13(17-11)19-2/h3-8H,9,16H2,1-2H3. The molecule has 0 atom stereocenters. The molecule has 0 radical (unpaired) electrons. The summed E-state index contributed by atoms with van der Waals surface area (Å²) in [6, 6.07) is 10.6. The van der Waals surface area contributed by atoms with Crippen LogP contribution in [0.4, 0.5) is 5.69 Å². The first kappa shape index (κ1) is 13.9. The van der Waals surface area contributed by atoms with Crippen molar-refractivity contribution < 1.29 is 14.3 Å². The van der Waals surface area contributed by atoms with Gasteiger partial charge in [-0.3, -0.25) is 0 Å². The summed E-state index contributed by atoms with van der Waals surface area (Å²) in [6.07, 6.45) is 0. The summed E-state index contributed by atoms with van der Waals surface area (Å²) in [4.78, 5) is 16.2. The highest BCUT2D eigenvalue weighted by Gasteiger charge is 2.14. The van der Waals surface area contributed by atoms with Crippen LogP contribution >= 0.6 is 0 Å². The Hall–Kier alpha value is -2.56. The first-order valence-electron chi connectivity index (χ1n) is 6.14. The van der Waals surface area contributed by atoms with Crippen LogP contribution in [0, 0.1) is 6.92 Å². The summed E-state index contributed by atoms with van der Waals surface area (Å²) >= 11 is 0. The van der Waals surface area contributed by atoms with Crippen molar-refractivity contribution in [3.63, 3.8) is 0 Å². The van der Waals surface area contributed by atoms with Gasteiger partial charge in [0.25, 0.3) is 0 Å². The summed E-state index contributed by atoms with van der Waals surface area (Å²) in [5.41, 5.74) is 8.01. The maximum Gasteiger partial charge on any atom is 0.340 e. The van der Waals surface area contributed by atoms with Crippen LogP contribution < -0.4 is 10.5 Å². The lowest BCUT2D eigenvalue weighted by Crippen LogP contribution is -2.10. The van der Waals surface area contributed by atoms with Gasteiger partial charge in [-0.15, -0.1) is 0 Å². The Morgan fingerprint density at radius 3 is 2.70 bits per heavy atom. The first-order chi connectivity index (χ1) is 9.61. The number of nitrogens with zero attached hydrogens (tertiary/aromatic N) is 1. The molecule has 0 aliphatic rings. The highest BCUT2D eigenvalue weighted by molar-refractivity contribution is 5.96. The average Bonchev–Trinajstić information content (AvgIpc) is 2.45. The molecule has 0 spiro atoms. The summed E-state index contributed by atoms with van der Waals surface area (Å²) in [5.74, 6) is 0.0270. The van der Waals surface area contributed by atoms with E-state index in [1.165, 1.54) is 7.11 Å². The second-order valence-corrected chi connectivity index (χ2v) is 4.29. The molecule has 0 saturated heterocycles. The zero-order valence-electron chi connectivity index (χ0n) is 11.4. The molecule has 1 aromatic carbocycles. The van der Waals surface area contributed by atoms with E-state index >= 15 is 0 Å². The van der Waals surface area contributed by atoms with E-state index in [1.54, 1.807) is 30.3 Å². The predicted molar refractivity (Wildman–Crippen MR) is 75.5 cm³/mol. The van der Waals surface area contributed by atoms with Gasteiger partial charge in [0.15, 0.2) is 0 Å². The minimum atomic E-state index is -0.454. The number of hydrogen-bond donors (Lipinski definition) is 1. The van der Waals surface area contributed by atoms with Crippen LogP contribution in [0.3, 0.4) is 0 Å². The number of anilines is 1. The van der Waals surface area contributed by atoms with Crippen molar-refractivity contribution in [1.29, 1.82) is 0 Å². The van der Waals surface area contributed by atoms with Crippen molar-refractivity contribution >= 4 is 11.7 Å². The molecule has 5 nitrogen and oxygen atoms in total. The van der Waals surface area contributed by atoms with Gasteiger partial charge in [-0.25, -0.2) is 9.78 Å². The molecule has 1 heterocycles. The molecule has 0 aliphatic carbocycles. The number of hydrogen-bond acceptors (Lipinski definition) is 5. The zero-order chi connectivity index (χ0) is 14.5. The normalized spacial score (nSPS) is 10.1. The fourth-order valence-corrected chi connectivity index (χ4v) is 1.83. The third-order valence-electron chi connectivity index (χ3n) is 2.85. The van der Waals surface area contributed by atoms with Crippen molar-refractivity contribution in [1.82, 2.24) is 4.98 Å². The van der Waals surface area contributed by atoms with E-state index < -0.39 is 5.97 Å². The largest absolute Gasteiger partial charge is 0.481 e. The summed E-state index contributed by atoms with van der Waals surface area (Å²) in [6.45, 7) is 1.89. The number of rotatable bonds is 4. The maximum atomic E-state index is 12.1. The number of aryl methyl sites for hydroxylation is 1. The SMILES string of the molecule is COc1cccc(COC(=O)c2c(C)cccc2N)n1. The van der Waals surface area contributed by atoms with E-state index in [2.05, 4.69) is 4.98 Å². The van der Waals surface area contributed by atoms with Crippen molar-refractivity contribution in [3.05, 3.63) is 53.2 Å². The van der Waals surface area contributed by atoms with Gasteiger partial charge < -0.3 is 15.2 Å². The number of carbonyl (C=O) groups is 1. The molecule has 20 heavy (non-hydrogen) atoms. The Balaban J connectivity index is 2.09. The molecule has 0 amide bonds. The molecule has 0 unspecified atom stereocenters. The van der Waals surface area contributed by atoms with Crippen LogP contribution in [0.15, 0.2) is 36.4 Å². The molecule has 104 valence electrons. The van der Waals surface area contributed by atoms with Gasteiger partial charge in [0.2, 0.25) is 5.88 Å². The second-order valence-electron chi connectivity index (χ2n) is 4.29. The predicted octanol–water partition coefficient (Wildman–Crippen LogP) is 2.34. The Bertz CT molecular complexity index is 606. The minimum absolute atomic E-state index is 0.0732. The number of aromatic nitrogens is 1. The molecular weight excluding hydrogens is 256 g/mol. The lowest BCUT2D eigenvalue weighted by atomic mass is 10.1. The summed E-state index contributed by atoms with van der Waals surface area (Å²) < 4.78 is 10.3. The molecule has 2 rings (SSSR count). The van der Waals surface area contributed by atoms with Gasteiger partial charge in [0.05, 0.1) is 18.4 Å². The van der Waals surface area contributed by atoms with E-state index in [0.717, 1.165) is 5.56 Å². The van der Waals surface area contributed by atoms with E-state index in [-0.39, 0.29) is 6.61 Å². The smallest absolute Gasteiger partial charge is 0.340 e. The molecule has 0 fully saturated rings. The van der Waals surface area contributed by atoms with Crippen LogP contribution in [0.25, 0.3) is 0 Å². The van der Waals surface area contributed by atoms with E-state index in [1.807, 2.05) is 13.0 Å². The Labute approximate surface area is 117 Å². The Morgan fingerprint density at radius 1 is 1.25 bits per heavy atom. The van der Waals surface area contributed by atoms with Gasteiger partial charge in [-0.2, -0.15) is 0 Å². The second kappa shape index (κ2) is 6.06. The molecule has 0 saturated carbocycles. The Kier molecular flexibility index (Phi) is 4.20. The van der Waals surface area contributed by atoms with Crippen LogP contribution in [0.2, 0.25) is 0 Å². The van der Waals surface area contributed by atoms with Crippen LogP contribution in [0.5, 0.6) is 5.88 Å². The van der Waals surface area contributed by atoms with E-state index in [4.69, 9.17) is 15.2 Å². The average molecular weight is 272 g/mol. The van der Waals surface area contributed by atoms with Crippen molar-refractivity contribution in [3.8, 4) is 5.88 Å². The topological polar surface area (TPSA) is 74.4 Å². The van der Waals surface area contributed by atoms with Crippen molar-refractivity contribution in [2.75, 3.05) is 12.8 Å². The highest BCUT2D eigenvalue weighted by atomic mass is 16.5. The van der Waals surface area contributed by atoms with Gasteiger partial charge >= 0.3 is 5.97 Å². The number of pyridine rings is 1. The number of nitrogen functional groups attached to an aromatic ring is 1. The highest BCUT2D eigenvalue weighted by Crippen LogP contribution is 2.18. The number of nitrogens with two attached hydrogens (primary N) is 1. The molecule has 1 aromatic heterocycles. The number of benzene rings is 1. The number of ether oxygens (including phenoxy) is 2. The molecular formula is C15H16N2O3. The molecule has 5 heteroatoms. The molecule has 0 bridgehead atoms. The van der Waals surface area contributed by atoms with Crippen LogP contribution in [-0.2, 0) is 11.3 Å². The van der Waals surface area contributed by atoms with Gasteiger partial charge in [-0.05, 0) is 24.6 Å². The fourth-order valence-electron chi connectivity index (χ4n) is 1.83. The third-order valence-corrected chi connectivity index (χ3v) is 2.85. The summed E-state index contributed by atoms with van der Waals surface area (Å²) in [5, 5.41) is 0. The van der Waals surface area contributed by atoms with E-state index in [9.17, 15) is 4.79 Å². The maximum absolute atomic E-state index is 12.1. The number of esters is 1. The van der Waals surface area contributed by atoms with Gasteiger partial charge in [0.1, 0.15) is 6.61 Å². The Morgan fingerprint density at radius 2 is 2.00 bits per heavy atom. The zero-order valence-corrected chi connectivity index (χ0v) is 11.4. The molecule has 2 aromatic rings. The van der Waals surface area contributed by atoms with Crippen LogP contribution in [-0.4, -0.2) is 18.1 Å². The first-order valence-corrected chi connectivity index (χ1v) is 6.14.